The Hall–Kier alpha value is -7.45. The molecule has 3 amide bonds. The van der Waals surface area contributed by atoms with Crippen molar-refractivity contribution in [3.8, 4) is 34.0 Å². The third-order valence-corrected chi connectivity index (χ3v) is 19.4. The number of carbonyl (C=O) groups is 4. The summed E-state index contributed by atoms with van der Waals surface area (Å²) in [6, 6.07) is 26.7. The molecule has 10 rings (SSSR count). The number of carbonyl (C=O) groups excluding carboxylic acids is 4. The SMILES string of the molecule is CN(CCOCCN(C)S(N)(=O)=O)C(=O)COc1ccccc1-c1c(C2CCCCC2)c2ccc(C(=O)n3ccnc3)cc2n1C.CN1CCOCCN(C)S(=O)(=O)NC(=O)c2ccc3c(C4CCCCC4)c(n(C)c3c2)-c2ccccc2OCC1=O. The van der Waals surface area contributed by atoms with Crippen LogP contribution < -0.4 is 19.3 Å². The maximum Gasteiger partial charge on any atom is 0.303 e. The van der Waals surface area contributed by atoms with Gasteiger partial charge < -0.3 is 37.9 Å². The number of para-hydroxylation sites is 2. The molecular formula is C63H80N10O12S2. The summed E-state index contributed by atoms with van der Waals surface area (Å²) >= 11 is 0. The zero-order valence-electron chi connectivity index (χ0n) is 50.5. The number of fused-ring (bicyclic) bond motifs is 5. The van der Waals surface area contributed by atoms with Gasteiger partial charge in [-0.2, -0.15) is 25.4 Å². The quantitative estimate of drug-likeness (QED) is 0.101. The Morgan fingerprint density at radius 3 is 2.01 bits per heavy atom. The summed E-state index contributed by atoms with van der Waals surface area (Å²) in [6.45, 7) is 1.27. The lowest BCUT2D eigenvalue weighted by Crippen LogP contribution is -2.43. The number of amides is 3. The van der Waals surface area contributed by atoms with Crippen LogP contribution in [0.2, 0.25) is 0 Å². The summed E-state index contributed by atoms with van der Waals surface area (Å²) in [5.74, 6) is 0.668. The number of nitrogens with zero attached hydrogens (tertiary/aromatic N) is 8. The molecule has 87 heavy (non-hydrogen) atoms. The Morgan fingerprint density at radius 1 is 0.759 bits per heavy atom. The molecule has 3 aromatic heterocycles. The molecule has 2 saturated carbocycles. The smallest absolute Gasteiger partial charge is 0.303 e. The van der Waals surface area contributed by atoms with Crippen molar-refractivity contribution in [2.24, 2.45) is 19.2 Å². The first-order valence-electron chi connectivity index (χ1n) is 29.6. The number of likely N-dealkylation sites (N-methyl/N-ethyl adjacent to an activating group) is 4. The minimum Gasteiger partial charge on any atom is -0.483 e. The summed E-state index contributed by atoms with van der Waals surface area (Å²) in [4.78, 5) is 59.3. The van der Waals surface area contributed by atoms with Gasteiger partial charge in [0, 0.05) is 125 Å². The second kappa shape index (κ2) is 28.6. The first-order chi connectivity index (χ1) is 41.7. The van der Waals surface area contributed by atoms with Crippen molar-refractivity contribution in [2.75, 3.05) is 94.0 Å². The number of hydrogen-bond donors (Lipinski definition) is 2. The topological polar surface area (TPSA) is 252 Å². The number of ether oxygens (including phenoxy) is 4. The van der Waals surface area contributed by atoms with E-state index < -0.39 is 26.3 Å². The Kier molecular flexibility index (Phi) is 21.0. The largest absolute Gasteiger partial charge is 0.483 e. The fourth-order valence-corrected chi connectivity index (χ4v) is 13.0. The molecule has 3 aliphatic rings. The van der Waals surface area contributed by atoms with Gasteiger partial charge in [0.25, 0.3) is 33.8 Å². The highest BCUT2D eigenvalue weighted by Gasteiger charge is 2.31. The van der Waals surface area contributed by atoms with Gasteiger partial charge in [-0.15, -0.1) is 0 Å². The van der Waals surface area contributed by atoms with Gasteiger partial charge in [0.05, 0.1) is 37.8 Å². The molecule has 22 nitrogen and oxygen atoms in total. The molecule has 24 heteroatoms. The first kappa shape index (κ1) is 64.0. The van der Waals surface area contributed by atoms with Crippen LogP contribution in [0.25, 0.3) is 44.3 Å². The van der Waals surface area contributed by atoms with Gasteiger partial charge in [-0.25, -0.2) is 14.8 Å². The van der Waals surface area contributed by atoms with Crippen molar-refractivity contribution in [3.05, 3.63) is 126 Å². The molecule has 3 N–H and O–H groups in total. The lowest BCUT2D eigenvalue weighted by Gasteiger charge is -2.24. The Labute approximate surface area is 509 Å². The standard InChI is InChI=1S/C33H42N6O6S.C30H38N4O6S/c1-36(17-19-44-20-18-37(2)46(34,42)43)30(40)22-45-29-12-8-7-11-27(29)32-31(24-9-5-4-6-10-24)26-14-13-25(21-28(26)38(32)3)33(41)39-16-15-35-23-39;1-32-15-17-39-18-16-33(2)41(37,38)31-30(36)22-13-14-23-25(19-22)34(3)29(28(23)21-9-5-4-6-10-21)24-11-7-8-12-26(24)40-20-27(32)35/h7-8,11-16,21,23-24H,4-6,9-10,17-20,22H2,1-3H3,(H2,34,42,43);7-8,11-14,19,21H,4-6,9-10,15-18,20H2,1-3H3,(H,31,36). The first-order valence-corrected chi connectivity index (χ1v) is 32.5. The van der Waals surface area contributed by atoms with Crippen molar-refractivity contribution in [1.82, 2.24) is 41.8 Å². The van der Waals surface area contributed by atoms with Crippen molar-refractivity contribution < 1.29 is 55.0 Å². The zero-order chi connectivity index (χ0) is 62.0. The van der Waals surface area contributed by atoms with Gasteiger partial charge in [0.1, 0.15) is 17.8 Å². The van der Waals surface area contributed by atoms with E-state index >= 15 is 0 Å². The molecule has 0 atom stereocenters. The molecule has 2 fully saturated rings. The van der Waals surface area contributed by atoms with E-state index in [4.69, 9.17) is 24.1 Å². The van der Waals surface area contributed by atoms with Crippen LogP contribution >= 0.6 is 0 Å². The summed E-state index contributed by atoms with van der Waals surface area (Å²) in [6.07, 6.45) is 16.1. The fraction of sp³-hybridized carbons (Fsp3) is 0.444. The highest BCUT2D eigenvalue weighted by molar-refractivity contribution is 7.87. The monoisotopic (exact) mass is 1230 g/mol. The number of nitrogens with one attached hydrogen (secondary N) is 1. The second-order valence-corrected chi connectivity index (χ2v) is 26.0. The fourth-order valence-electron chi connectivity index (χ4n) is 11.8. The van der Waals surface area contributed by atoms with Gasteiger partial charge in [-0.1, -0.05) is 74.9 Å². The van der Waals surface area contributed by atoms with Crippen molar-refractivity contribution in [3.63, 3.8) is 0 Å². The molecule has 0 radical (unpaired) electrons. The number of hydrogen-bond acceptors (Lipinski definition) is 13. The Balaban J connectivity index is 0.000000209. The minimum atomic E-state index is -4.08. The highest BCUT2D eigenvalue weighted by atomic mass is 32.2. The van der Waals surface area contributed by atoms with Crippen molar-refractivity contribution >= 4 is 65.9 Å². The average molecular weight is 1230 g/mol. The average Bonchev–Trinajstić information content (AvgIpc) is 1.71. The van der Waals surface area contributed by atoms with Gasteiger partial charge in [-0.05, 0) is 97.2 Å². The molecule has 0 unspecified atom stereocenters. The molecule has 466 valence electrons. The van der Waals surface area contributed by atoms with Crippen LogP contribution in [0.5, 0.6) is 11.5 Å². The van der Waals surface area contributed by atoms with Crippen LogP contribution in [0, 0.1) is 0 Å². The molecule has 4 aromatic carbocycles. The summed E-state index contributed by atoms with van der Waals surface area (Å²) in [7, 11) is 2.26. The number of benzene rings is 4. The Morgan fingerprint density at radius 2 is 1.36 bits per heavy atom. The minimum absolute atomic E-state index is 0.0467. The van der Waals surface area contributed by atoms with Crippen LogP contribution in [0.1, 0.15) is 108 Å². The summed E-state index contributed by atoms with van der Waals surface area (Å²) < 4.78 is 81.6. The second-order valence-electron chi connectivity index (χ2n) is 22.6. The predicted molar refractivity (Wildman–Crippen MR) is 333 cm³/mol. The molecule has 1 aliphatic heterocycles. The maximum atomic E-state index is 13.2. The highest BCUT2D eigenvalue weighted by Crippen LogP contribution is 2.48. The number of rotatable bonds is 14. The third-order valence-electron chi connectivity index (χ3n) is 16.9. The lowest BCUT2D eigenvalue weighted by atomic mass is 9.81. The van der Waals surface area contributed by atoms with Gasteiger partial charge in [-0.3, -0.25) is 23.7 Å². The van der Waals surface area contributed by atoms with E-state index in [0.717, 1.165) is 91.5 Å². The van der Waals surface area contributed by atoms with Gasteiger partial charge in [0.15, 0.2) is 13.2 Å². The molecule has 2 aliphatic carbocycles. The van der Waals surface area contributed by atoms with E-state index in [1.807, 2.05) is 80.8 Å². The molecule has 4 heterocycles. The summed E-state index contributed by atoms with van der Waals surface area (Å²) in [5.41, 5.74) is 8.84. The molecule has 7 aromatic rings. The van der Waals surface area contributed by atoms with E-state index in [-0.39, 0.29) is 76.0 Å². The Bertz CT molecular complexity index is 3820. The molecule has 3 bridgehead atoms. The normalized spacial score (nSPS) is 17.0. The zero-order valence-corrected chi connectivity index (χ0v) is 52.1. The van der Waals surface area contributed by atoms with E-state index in [9.17, 15) is 36.0 Å². The molecule has 0 saturated heterocycles. The van der Waals surface area contributed by atoms with E-state index in [0.29, 0.717) is 42.0 Å². The van der Waals surface area contributed by atoms with Crippen LogP contribution in [0.3, 0.4) is 0 Å². The van der Waals surface area contributed by atoms with E-state index in [1.165, 1.54) is 71.6 Å². The number of imidazole rings is 1. The number of nitrogens with two attached hydrogens (primary N) is 1. The van der Waals surface area contributed by atoms with Crippen molar-refractivity contribution in [2.45, 2.75) is 76.0 Å². The van der Waals surface area contributed by atoms with Gasteiger partial charge >= 0.3 is 10.2 Å². The lowest BCUT2D eigenvalue weighted by molar-refractivity contribution is -0.133. The van der Waals surface area contributed by atoms with Gasteiger partial charge in [0.2, 0.25) is 0 Å². The number of aromatic nitrogens is 4. The van der Waals surface area contributed by atoms with Crippen LogP contribution in [0.15, 0.2) is 104 Å². The predicted octanol–water partition coefficient (Wildman–Crippen LogP) is 7.43. The summed E-state index contributed by atoms with van der Waals surface area (Å²) in [5, 5.41) is 7.22. The maximum absolute atomic E-state index is 13.2. The molecule has 0 spiro atoms. The number of aryl methyl sites for hydroxylation is 2. The third kappa shape index (κ3) is 15.1. The van der Waals surface area contributed by atoms with Crippen molar-refractivity contribution in [1.29, 1.82) is 0 Å². The van der Waals surface area contributed by atoms with Crippen LogP contribution in [-0.4, -0.2) is 172 Å². The van der Waals surface area contributed by atoms with E-state index in [2.05, 4.69) is 24.9 Å². The van der Waals surface area contributed by atoms with Crippen LogP contribution in [0.4, 0.5) is 0 Å². The van der Waals surface area contributed by atoms with Crippen LogP contribution in [-0.2, 0) is 53.6 Å². The van der Waals surface area contributed by atoms with E-state index in [1.54, 1.807) is 38.6 Å². The molecular weight excluding hydrogens is 1150 g/mol.